The summed E-state index contributed by atoms with van der Waals surface area (Å²) in [7, 11) is 2.77. The number of carbonyl (C=O) groups is 1. The molecule has 0 amide bonds. The number of para-hydroxylation sites is 2. The second-order valence-corrected chi connectivity index (χ2v) is 5.27. The summed E-state index contributed by atoms with van der Waals surface area (Å²) in [5.74, 6) is 0.297. The van der Waals surface area contributed by atoms with Crippen molar-refractivity contribution in [1.29, 1.82) is 0 Å². The Balaban J connectivity index is 2.25. The van der Waals surface area contributed by atoms with Gasteiger partial charge in [0.15, 0.2) is 11.5 Å². The number of fused-ring (bicyclic) bond motifs is 1. The second-order valence-electron chi connectivity index (χ2n) is 5.27. The molecule has 3 aromatic rings. The molecule has 0 unspecified atom stereocenters. The number of benzene rings is 2. The van der Waals surface area contributed by atoms with Gasteiger partial charge < -0.3 is 9.47 Å². The lowest BCUT2D eigenvalue weighted by Crippen LogP contribution is -2.16. The van der Waals surface area contributed by atoms with Crippen LogP contribution in [0.25, 0.3) is 11.0 Å². The third-order valence-corrected chi connectivity index (χ3v) is 3.86. The Morgan fingerprint density at radius 1 is 1.16 bits per heavy atom. The van der Waals surface area contributed by atoms with Gasteiger partial charge in [0.2, 0.25) is 0 Å². The van der Waals surface area contributed by atoms with Crippen LogP contribution < -0.4 is 9.47 Å². The van der Waals surface area contributed by atoms with E-state index >= 15 is 0 Å². The van der Waals surface area contributed by atoms with Crippen molar-refractivity contribution in [1.82, 2.24) is 9.55 Å². The summed E-state index contributed by atoms with van der Waals surface area (Å²) in [6.45, 7) is 1.67. The molecule has 0 aliphatic rings. The van der Waals surface area contributed by atoms with Crippen LogP contribution in [0, 0.1) is 17.0 Å². The standard InChI is InChI=1S/C17H15N3O5/c1-10-18-12-6-4-5-7-13(12)19(10)17(21)11-8-15(24-2)16(25-3)9-14(11)20(22)23/h4-9H,1-3H3. The number of nitro groups is 1. The molecule has 0 atom stereocenters. The van der Waals surface area contributed by atoms with Gasteiger partial charge in [-0.3, -0.25) is 19.5 Å². The number of hydrogen-bond acceptors (Lipinski definition) is 6. The van der Waals surface area contributed by atoms with E-state index < -0.39 is 10.8 Å². The van der Waals surface area contributed by atoms with Gasteiger partial charge in [-0.05, 0) is 19.1 Å². The van der Waals surface area contributed by atoms with Crippen molar-refractivity contribution in [2.24, 2.45) is 0 Å². The highest BCUT2D eigenvalue weighted by atomic mass is 16.6. The number of aromatic nitrogens is 2. The van der Waals surface area contributed by atoms with E-state index in [1.807, 2.05) is 6.07 Å². The van der Waals surface area contributed by atoms with Crippen molar-refractivity contribution in [2.45, 2.75) is 6.92 Å². The zero-order valence-electron chi connectivity index (χ0n) is 13.8. The van der Waals surface area contributed by atoms with Crippen LogP contribution in [0.1, 0.15) is 16.2 Å². The van der Waals surface area contributed by atoms with E-state index in [0.717, 1.165) is 0 Å². The van der Waals surface area contributed by atoms with Crippen LogP contribution >= 0.6 is 0 Å². The summed E-state index contributed by atoms with van der Waals surface area (Å²) in [6.07, 6.45) is 0. The van der Waals surface area contributed by atoms with E-state index in [1.165, 1.54) is 30.9 Å². The van der Waals surface area contributed by atoms with Crippen molar-refractivity contribution in [3.8, 4) is 11.5 Å². The molecule has 25 heavy (non-hydrogen) atoms. The molecule has 0 spiro atoms. The fraction of sp³-hybridized carbons (Fsp3) is 0.176. The normalized spacial score (nSPS) is 10.7. The number of aryl methyl sites for hydroxylation is 1. The zero-order chi connectivity index (χ0) is 18.1. The molecule has 0 saturated heterocycles. The highest BCUT2D eigenvalue weighted by Gasteiger charge is 2.27. The Bertz CT molecular complexity index is 993. The van der Waals surface area contributed by atoms with Crippen LogP contribution in [-0.2, 0) is 0 Å². The van der Waals surface area contributed by atoms with E-state index in [9.17, 15) is 14.9 Å². The number of rotatable bonds is 4. The van der Waals surface area contributed by atoms with E-state index in [2.05, 4.69) is 4.98 Å². The SMILES string of the molecule is COc1cc(C(=O)n2c(C)nc3ccccc32)c([N+](=O)[O-])cc1OC. The number of hydrogen-bond donors (Lipinski definition) is 0. The number of imidazole rings is 1. The third-order valence-electron chi connectivity index (χ3n) is 3.86. The summed E-state index contributed by atoms with van der Waals surface area (Å²) >= 11 is 0. The smallest absolute Gasteiger partial charge is 0.286 e. The van der Waals surface area contributed by atoms with Gasteiger partial charge in [0.05, 0.1) is 36.2 Å². The number of methoxy groups -OCH3 is 2. The van der Waals surface area contributed by atoms with Crippen LogP contribution in [0.2, 0.25) is 0 Å². The van der Waals surface area contributed by atoms with Gasteiger partial charge in [-0.1, -0.05) is 12.1 Å². The maximum absolute atomic E-state index is 13.1. The topological polar surface area (TPSA) is 96.5 Å². The third kappa shape index (κ3) is 2.67. The van der Waals surface area contributed by atoms with Crippen LogP contribution in [0.4, 0.5) is 5.69 Å². The molecule has 2 aromatic carbocycles. The predicted molar refractivity (Wildman–Crippen MR) is 90.4 cm³/mol. The molecular weight excluding hydrogens is 326 g/mol. The molecule has 8 heteroatoms. The van der Waals surface area contributed by atoms with Crippen molar-refractivity contribution in [3.05, 3.63) is 57.9 Å². The first-order chi connectivity index (χ1) is 12.0. The van der Waals surface area contributed by atoms with Gasteiger partial charge in [0.1, 0.15) is 11.4 Å². The number of ether oxygens (including phenoxy) is 2. The van der Waals surface area contributed by atoms with E-state index in [4.69, 9.17) is 9.47 Å². The lowest BCUT2D eigenvalue weighted by atomic mass is 10.1. The Hall–Kier alpha value is -3.42. The van der Waals surface area contributed by atoms with Gasteiger partial charge >= 0.3 is 0 Å². The van der Waals surface area contributed by atoms with Gasteiger partial charge in [-0.25, -0.2) is 4.98 Å². The molecule has 0 radical (unpaired) electrons. The van der Waals surface area contributed by atoms with Gasteiger partial charge in [-0.2, -0.15) is 0 Å². The number of nitro benzene ring substituents is 1. The van der Waals surface area contributed by atoms with Crippen molar-refractivity contribution >= 4 is 22.6 Å². The van der Waals surface area contributed by atoms with Crippen molar-refractivity contribution in [2.75, 3.05) is 14.2 Å². The lowest BCUT2D eigenvalue weighted by molar-refractivity contribution is -0.385. The zero-order valence-corrected chi connectivity index (χ0v) is 13.8. The molecule has 0 aliphatic heterocycles. The van der Waals surface area contributed by atoms with Gasteiger partial charge in [-0.15, -0.1) is 0 Å². The summed E-state index contributed by atoms with van der Waals surface area (Å²) < 4.78 is 11.6. The Morgan fingerprint density at radius 2 is 1.80 bits per heavy atom. The maximum Gasteiger partial charge on any atom is 0.286 e. The minimum atomic E-state index is -0.621. The van der Waals surface area contributed by atoms with Crippen molar-refractivity contribution < 1.29 is 19.2 Å². The molecule has 0 aliphatic carbocycles. The molecule has 0 bridgehead atoms. The van der Waals surface area contributed by atoms with Crippen molar-refractivity contribution in [3.63, 3.8) is 0 Å². The highest BCUT2D eigenvalue weighted by molar-refractivity contribution is 6.05. The highest BCUT2D eigenvalue weighted by Crippen LogP contribution is 2.35. The molecule has 0 fully saturated rings. The summed E-state index contributed by atoms with van der Waals surface area (Å²) in [6, 6.07) is 9.59. The first-order valence-electron chi connectivity index (χ1n) is 7.37. The fourth-order valence-electron chi connectivity index (χ4n) is 2.71. The maximum atomic E-state index is 13.1. The average Bonchev–Trinajstić information content (AvgIpc) is 2.95. The molecule has 8 nitrogen and oxygen atoms in total. The summed E-state index contributed by atoms with van der Waals surface area (Å²) in [5.41, 5.74) is 0.749. The van der Waals surface area contributed by atoms with Gasteiger partial charge in [0.25, 0.3) is 11.6 Å². The van der Waals surface area contributed by atoms with Crippen LogP contribution in [0.5, 0.6) is 11.5 Å². The molecule has 128 valence electrons. The fourth-order valence-corrected chi connectivity index (χ4v) is 2.71. The van der Waals surface area contributed by atoms with E-state index in [-0.39, 0.29) is 22.7 Å². The second kappa shape index (κ2) is 6.23. The molecule has 0 saturated carbocycles. The molecule has 1 aromatic heterocycles. The number of carbonyl (C=O) groups excluding carboxylic acids is 1. The average molecular weight is 341 g/mol. The molecule has 1 heterocycles. The first kappa shape index (κ1) is 16.4. The van der Waals surface area contributed by atoms with E-state index in [0.29, 0.717) is 16.9 Å². The van der Waals surface area contributed by atoms with Gasteiger partial charge in [0, 0.05) is 6.07 Å². The summed E-state index contributed by atoms with van der Waals surface area (Å²) in [5, 5.41) is 11.4. The lowest BCUT2D eigenvalue weighted by Gasteiger charge is -2.11. The molecule has 3 rings (SSSR count). The quantitative estimate of drug-likeness (QED) is 0.535. The predicted octanol–water partition coefficient (Wildman–Crippen LogP) is 2.96. The van der Waals surface area contributed by atoms with Crippen LogP contribution in [-0.4, -0.2) is 34.6 Å². The minimum absolute atomic E-state index is 0.103. The first-order valence-corrected chi connectivity index (χ1v) is 7.37. The van der Waals surface area contributed by atoms with Crippen LogP contribution in [0.15, 0.2) is 36.4 Å². The van der Waals surface area contributed by atoms with Crippen LogP contribution in [0.3, 0.4) is 0 Å². The Labute approximate surface area is 142 Å². The Kier molecular flexibility index (Phi) is 4.10. The van der Waals surface area contributed by atoms with E-state index in [1.54, 1.807) is 25.1 Å². The monoisotopic (exact) mass is 341 g/mol. The minimum Gasteiger partial charge on any atom is -0.493 e. The number of nitrogens with zero attached hydrogens (tertiary/aromatic N) is 3. The Morgan fingerprint density at radius 3 is 2.44 bits per heavy atom. The summed E-state index contributed by atoms with van der Waals surface area (Å²) in [4.78, 5) is 28.2. The molecule has 0 N–H and O–H groups in total. The molecular formula is C17H15N3O5. The largest absolute Gasteiger partial charge is 0.493 e.